The van der Waals surface area contributed by atoms with Gasteiger partial charge in [-0.05, 0) is 34.1 Å². The molecule has 1 aromatic heterocycles. The molecule has 0 aliphatic carbocycles. The Morgan fingerprint density at radius 3 is 2.56 bits per heavy atom. The number of pyridine rings is 1. The number of halogens is 3. The largest absolute Gasteiger partial charge is 0.326 e. The summed E-state index contributed by atoms with van der Waals surface area (Å²) in [6.07, 6.45) is 1.31. The first kappa shape index (κ1) is 17.3. The number of aromatic amines is 1. The standard InChI is InChI=1S/C16H12BrF2N3O3/c17-9-2-13(16(25)20-6-9)21-15(24)8-1-14(23)22(7-8)12-4-10(18)3-11(19)5-12/h2-6,8H,1,7H2,(H,20,25)(H,21,24). The highest BCUT2D eigenvalue weighted by atomic mass is 79.9. The molecule has 6 nitrogen and oxygen atoms in total. The number of nitrogens with one attached hydrogen (secondary N) is 2. The number of hydrogen-bond donors (Lipinski definition) is 2. The number of carbonyl (C=O) groups excluding carboxylic acids is 2. The molecule has 3 rings (SSSR count). The topological polar surface area (TPSA) is 82.3 Å². The van der Waals surface area contributed by atoms with Crippen LogP contribution >= 0.6 is 15.9 Å². The molecule has 1 unspecified atom stereocenters. The highest BCUT2D eigenvalue weighted by Gasteiger charge is 2.35. The molecule has 0 bridgehead atoms. The van der Waals surface area contributed by atoms with Gasteiger partial charge in [0.2, 0.25) is 11.8 Å². The summed E-state index contributed by atoms with van der Waals surface area (Å²) >= 11 is 3.18. The molecular weight excluding hydrogens is 400 g/mol. The number of amides is 2. The predicted octanol–water partition coefficient (Wildman–Crippen LogP) is 2.41. The second-order valence-corrected chi connectivity index (χ2v) is 6.50. The zero-order valence-electron chi connectivity index (χ0n) is 12.7. The predicted molar refractivity (Wildman–Crippen MR) is 90.2 cm³/mol. The van der Waals surface area contributed by atoms with Gasteiger partial charge in [-0.2, -0.15) is 0 Å². The lowest BCUT2D eigenvalue weighted by molar-refractivity contribution is -0.122. The Morgan fingerprint density at radius 2 is 1.88 bits per heavy atom. The molecule has 2 aromatic rings. The number of H-pyrrole nitrogens is 1. The number of rotatable bonds is 3. The summed E-state index contributed by atoms with van der Waals surface area (Å²) in [6, 6.07) is 4.20. The molecular formula is C16H12BrF2N3O3. The molecule has 0 spiro atoms. The minimum Gasteiger partial charge on any atom is -0.326 e. The van der Waals surface area contributed by atoms with Gasteiger partial charge in [-0.25, -0.2) is 8.78 Å². The lowest BCUT2D eigenvalue weighted by Gasteiger charge is -2.17. The van der Waals surface area contributed by atoms with E-state index in [1.807, 2.05) is 0 Å². The Kier molecular flexibility index (Phi) is 4.67. The van der Waals surface area contributed by atoms with E-state index in [9.17, 15) is 23.2 Å². The average Bonchev–Trinajstić information content (AvgIpc) is 2.92. The molecule has 1 saturated heterocycles. The second kappa shape index (κ2) is 6.75. The molecule has 1 aromatic carbocycles. The highest BCUT2D eigenvalue weighted by Crippen LogP contribution is 2.27. The van der Waals surface area contributed by atoms with Crippen LogP contribution in [0.15, 0.2) is 39.7 Å². The fraction of sp³-hybridized carbons (Fsp3) is 0.188. The maximum Gasteiger partial charge on any atom is 0.271 e. The fourth-order valence-electron chi connectivity index (χ4n) is 2.61. The van der Waals surface area contributed by atoms with E-state index in [4.69, 9.17) is 0 Å². The van der Waals surface area contributed by atoms with Crippen molar-refractivity contribution >= 4 is 39.1 Å². The summed E-state index contributed by atoms with van der Waals surface area (Å²) in [7, 11) is 0. The van der Waals surface area contributed by atoms with E-state index in [2.05, 4.69) is 26.2 Å². The molecule has 1 aliphatic heterocycles. The molecule has 25 heavy (non-hydrogen) atoms. The van der Waals surface area contributed by atoms with E-state index in [1.54, 1.807) is 0 Å². The van der Waals surface area contributed by atoms with Crippen molar-refractivity contribution in [3.05, 3.63) is 56.9 Å². The van der Waals surface area contributed by atoms with Crippen LogP contribution in [-0.2, 0) is 9.59 Å². The minimum atomic E-state index is -0.809. The number of benzene rings is 1. The van der Waals surface area contributed by atoms with E-state index < -0.39 is 34.9 Å². The Bertz CT molecular complexity index is 895. The third-order valence-electron chi connectivity index (χ3n) is 3.78. The summed E-state index contributed by atoms with van der Waals surface area (Å²) in [5, 5.41) is 2.47. The van der Waals surface area contributed by atoms with Crippen molar-refractivity contribution in [2.45, 2.75) is 6.42 Å². The van der Waals surface area contributed by atoms with E-state index in [1.165, 1.54) is 12.3 Å². The van der Waals surface area contributed by atoms with Crippen molar-refractivity contribution in [1.82, 2.24) is 4.98 Å². The normalized spacial score (nSPS) is 17.0. The van der Waals surface area contributed by atoms with Crippen molar-refractivity contribution in [1.29, 1.82) is 0 Å². The average molecular weight is 412 g/mol. The summed E-state index contributed by atoms with van der Waals surface area (Å²) < 4.78 is 27.2. The lowest BCUT2D eigenvalue weighted by atomic mass is 10.1. The maximum atomic E-state index is 13.3. The zero-order valence-corrected chi connectivity index (χ0v) is 14.3. The smallest absolute Gasteiger partial charge is 0.271 e. The molecule has 1 aliphatic rings. The van der Waals surface area contributed by atoms with E-state index >= 15 is 0 Å². The first-order valence-electron chi connectivity index (χ1n) is 7.29. The van der Waals surface area contributed by atoms with Gasteiger partial charge in [-0.1, -0.05) is 0 Å². The lowest BCUT2D eigenvalue weighted by Crippen LogP contribution is -2.29. The summed E-state index contributed by atoms with van der Waals surface area (Å²) in [6.45, 7) is -0.0283. The number of carbonyl (C=O) groups is 2. The molecule has 2 N–H and O–H groups in total. The minimum absolute atomic E-state index is 0.0283. The maximum absolute atomic E-state index is 13.3. The number of hydrogen-bond acceptors (Lipinski definition) is 3. The first-order valence-corrected chi connectivity index (χ1v) is 8.08. The molecule has 0 radical (unpaired) electrons. The van der Waals surface area contributed by atoms with Gasteiger partial charge in [-0.15, -0.1) is 0 Å². The summed E-state index contributed by atoms with van der Waals surface area (Å²) in [4.78, 5) is 39.7. The van der Waals surface area contributed by atoms with Crippen LogP contribution in [0.5, 0.6) is 0 Å². The van der Waals surface area contributed by atoms with Crippen LogP contribution in [0.3, 0.4) is 0 Å². The summed E-state index contributed by atoms with van der Waals surface area (Å²) in [5.41, 5.74) is -0.384. The Morgan fingerprint density at radius 1 is 1.20 bits per heavy atom. The van der Waals surface area contributed by atoms with Crippen molar-refractivity contribution < 1.29 is 18.4 Å². The van der Waals surface area contributed by atoms with Crippen molar-refractivity contribution in [3.63, 3.8) is 0 Å². The monoisotopic (exact) mass is 411 g/mol. The first-order chi connectivity index (χ1) is 11.8. The van der Waals surface area contributed by atoms with Gasteiger partial charge >= 0.3 is 0 Å². The molecule has 0 saturated carbocycles. The molecule has 2 heterocycles. The molecule has 9 heteroatoms. The Hall–Kier alpha value is -2.55. The zero-order chi connectivity index (χ0) is 18.1. The van der Waals surface area contributed by atoms with Crippen molar-refractivity contribution in [2.75, 3.05) is 16.8 Å². The molecule has 1 fully saturated rings. The number of nitrogens with zero attached hydrogens (tertiary/aromatic N) is 1. The fourth-order valence-corrected chi connectivity index (χ4v) is 2.96. The van der Waals surface area contributed by atoms with Crippen molar-refractivity contribution in [3.8, 4) is 0 Å². The molecule has 130 valence electrons. The van der Waals surface area contributed by atoms with Crippen LogP contribution in [0.4, 0.5) is 20.2 Å². The van der Waals surface area contributed by atoms with Gasteiger partial charge in [0.05, 0.1) is 5.92 Å². The van der Waals surface area contributed by atoms with E-state index in [-0.39, 0.29) is 24.3 Å². The van der Waals surface area contributed by atoms with Crippen LogP contribution in [0.2, 0.25) is 0 Å². The van der Waals surface area contributed by atoms with Gasteiger partial charge in [-0.3, -0.25) is 14.4 Å². The SMILES string of the molecule is O=C(Nc1cc(Br)c[nH]c1=O)C1CC(=O)N(c2cc(F)cc(F)c2)C1. The number of aromatic nitrogens is 1. The Balaban J connectivity index is 1.76. The van der Waals surface area contributed by atoms with Gasteiger partial charge in [0.15, 0.2) is 0 Å². The quantitative estimate of drug-likeness (QED) is 0.813. The summed E-state index contributed by atoms with van der Waals surface area (Å²) in [5.74, 6) is -3.30. The highest BCUT2D eigenvalue weighted by molar-refractivity contribution is 9.10. The van der Waals surface area contributed by atoms with Gasteiger partial charge in [0.1, 0.15) is 17.3 Å². The van der Waals surface area contributed by atoms with E-state index in [0.717, 1.165) is 17.0 Å². The third-order valence-corrected chi connectivity index (χ3v) is 4.24. The van der Waals surface area contributed by atoms with Gasteiger partial charge in [0, 0.05) is 35.4 Å². The second-order valence-electron chi connectivity index (χ2n) is 5.58. The van der Waals surface area contributed by atoms with Gasteiger partial charge in [0.25, 0.3) is 5.56 Å². The number of anilines is 2. The van der Waals surface area contributed by atoms with Crippen LogP contribution < -0.4 is 15.8 Å². The van der Waals surface area contributed by atoms with Crippen molar-refractivity contribution in [2.24, 2.45) is 5.92 Å². The van der Waals surface area contributed by atoms with Crippen LogP contribution in [0, 0.1) is 17.6 Å². The Labute approximate surface area is 149 Å². The molecule has 2 amide bonds. The van der Waals surface area contributed by atoms with E-state index in [0.29, 0.717) is 10.5 Å². The van der Waals surface area contributed by atoms with Crippen LogP contribution in [-0.4, -0.2) is 23.3 Å². The third kappa shape index (κ3) is 3.76. The molecule has 1 atom stereocenters. The van der Waals surface area contributed by atoms with Crippen LogP contribution in [0.1, 0.15) is 6.42 Å². The van der Waals surface area contributed by atoms with Gasteiger partial charge < -0.3 is 15.2 Å². The van der Waals surface area contributed by atoms with Crippen LogP contribution in [0.25, 0.3) is 0 Å².